The predicted molar refractivity (Wildman–Crippen MR) is 144 cm³/mol. The summed E-state index contributed by atoms with van der Waals surface area (Å²) in [5.41, 5.74) is 4.64. The molecule has 2 aromatic rings. The standard InChI is InChI=1S/C25H35N5O.HI/c1-3-26-25(27-15-14-21-10-12-24(13-11-21)29-20(2)31)28-18-22-6-8-23(9-7-22)19-30-16-4-5-17-30;/h6-13H,3-5,14-19H2,1-2H3,(H,29,31)(H2,26,27,28);1H. The van der Waals surface area contributed by atoms with Crippen molar-refractivity contribution < 1.29 is 4.79 Å². The summed E-state index contributed by atoms with van der Waals surface area (Å²) in [6, 6.07) is 16.8. The normalized spacial score (nSPS) is 14.0. The maximum absolute atomic E-state index is 11.1. The first-order chi connectivity index (χ1) is 15.1. The number of benzene rings is 2. The minimum absolute atomic E-state index is 0. The monoisotopic (exact) mass is 549 g/mol. The van der Waals surface area contributed by atoms with Crippen molar-refractivity contribution >= 4 is 41.5 Å². The van der Waals surface area contributed by atoms with Crippen LogP contribution in [0.3, 0.4) is 0 Å². The number of amides is 1. The maximum Gasteiger partial charge on any atom is 0.221 e. The SMILES string of the molecule is CCNC(=NCc1ccc(CN2CCCC2)cc1)NCCc1ccc(NC(C)=O)cc1.I. The average Bonchev–Trinajstić information content (AvgIpc) is 3.27. The molecule has 0 aliphatic carbocycles. The molecular formula is C25H36IN5O. The van der Waals surface area contributed by atoms with E-state index in [1.807, 2.05) is 24.3 Å². The van der Waals surface area contributed by atoms with E-state index in [1.165, 1.54) is 49.5 Å². The zero-order valence-corrected chi connectivity index (χ0v) is 21.5. The van der Waals surface area contributed by atoms with Crippen molar-refractivity contribution in [1.82, 2.24) is 15.5 Å². The molecule has 1 fully saturated rings. The van der Waals surface area contributed by atoms with Crippen LogP contribution in [0.5, 0.6) is 0 Å². The lowest BCUT2D eigenvalue weighted by Crippen LogP contribution is -2.38. The van der Waals surface area contributed by atoms with Crippen LogP contribution < -0.4 is 16.0 Å². The van der Waals surface area contributed by atoms with Crippen LogP contribution in [0, 0.1) is 0 Å². The van der Waals surface area contributed by atoms with Gasteiger partial charge in [0.15, 0.2) is 5.96 Å². The molecule has 0 aromatic heterocycles. The Morgan fingerprint density at radius 2 is 1.56 bits per heavy atom. The number of likely N-dealkylation sites (tertiary alicyclic amines) is 1. The third-order valence-corrected chi connectivity index (χ3v) is 5.37. The third-order valence-electron chi connectivity index (χ3n) is 5.37. The van der Waals surface area contributed by atoms with Gasteiger partial charge in [0, 0.05) is 32.2 Å². The Labute approximate surface area is 209 Å². The van der Waals surface area contributed by atoms with E-state index in [9.17, 15) is 4.79 Å². The molecule has 0 saturated carbocycles. The number of carbonyl (C=O) groups is 1. The quantitative estimate of drug-likeness (QED) is 0.250. The topological polar surface area (TPSA) is 68.8 Å². The second-order valence-corrected chi connectivity index (χ2v) is 8.05. The highest BCUT2D eigenvalue weighted by molar-refractivity contribution is 14.0. The van der Waals surface area contributed by atoms with E-state index >= 15 is 0 Å². The first-order valence-corrected chi connectivity index (χ1v) is 11.3. The van der Waals surface area contributed by atoms with Gasteiger partial charge in [0.1, 0.15) is 0 Å². The number of rotatable bonds is 9. The summed E-state index contributed by atoms with van der Waals surface area (Å²) < 4.78 is 0. The molecule has 0 atom stereocenters. The number of hydrogen-bond acceptors (Lipinski definition) is 3. The summed E-state index contributed by atoms with van der Waals surface area (Å²) in [5, 5.41) is 9.51. The van der Waals surface area contributed by atoms with Crippen LogP contribution in [0.15, 0.2) is 53.5 Å². The van der Waals surface area contributed by atoms with Crippen molar-refractivity contribution in [1.29, 1.82) is 0 Å². The minimum Gasteiger partial charge on any atom is -0.357 e. The van der Waals surface area contributed by atoms with Crippen LogP contribution in [0.2, 0.25) is 0 Å². The molecule has 3 N–H and O–H groups in total. The summed E-state index contributed by atoms with van der Waals surface area (Å²) in [7, 11) is 0. The first kappa shape index (κ1) is 26.1. The van der Waals surface area contributed by atoms with Gasteiger partial charge in [-0.05, 0) is 68.1 Å². The summed E-state index contributed by atoms with van der Waals surface area (Å²) >= 11 is 0. The smallest absolute Gasteiger partial charge is 0.221 e. The summed E-state index contributed by atoms with van der Waals surface area (Å²) in [4.78, 5) is 18.4. The van der Waals surface area contributed by atoms with Gasteiger partial charge in [-0.2, -0.15) is 0 Å². The number of hydrogen-bond donors (Lipinski definition) is 3. The molecular weight excluding hydrogens is 513 g/mol. The molecule has 1 aliphatic heterocycles. The van der Waals surface area contributed by atoms with E-state index in [0.29, 0.717) is 6.54 Å². The van der Waals surface area contributed by atoms with Crippen LogP contribution in [0.25, 0.3) is 0 Å². The van der Waals surface area contributed by atoms with Crippen LogP contribution in [-0.2, 0) is 24.3 Å². The Hall–Kier alpha value is -2.13. The van der Waals surface area contributed by atoms with E-state index in [0.717, 1.165) is 37.7 Å². The fourth-order valence-corrected chi connectivity index (χ4v) is 3.74. The Bertz CT molecular complexity index is 846. The molecule has 3 rings (SSSR count). The number of guanidine groups is 1. The second-order valence-electron chi connectivity index (χ2n) is 8.05. The molecule has 2 aromatic carbocycles. The van der Waals surface area contributed by atoms with Crippen LogP contribution >= 0.6 is 24.0 Å². The van der Waals surface area contributed by atoms with Crippen molar-refractivity contribution in [2.45, 2.75) is 46.2 Å². The van der Waals surface area contributed by atoms with Gasteiger partial charge in [0.05, 0.1) is 6.54 Å². The van der Waals surface area contributed by atoms with Gasteiger partial charge in [-0.3, -0.25) is 9.69 Å². The lowest BCUT2D eigenvalue weighted by atomic mass is 10.1. The molecule has 1 heterocycles. The summed E-state index contributed by atoms with van der Waals surface area (Å²) in [6.45, 7) is 9.37. The Kier molecular flexibility index (Phi) is 11.5. The van der Waals surface area contributed by atoms with E-state index in [2.05, 4.69) is 52.0 Å². The molecule has 1 saturated heterocycles. The molecule has 32 heavy (non-hydrogen) atoms. The zero-order chi connectivity index (χ0) is 21.9. The zero-order valence-electron chi connectivity index (χ0n) is 19.2. The molecule has 1 aliphatic rings. The van der Waals surface area contributed by atoms with E-state index < -0.39 is 0 Å². The maximum atomic E-state index is 11.1. The summed E-state index contributed by atoms with van der Waals surface area (Å²) in [5.74, 6) is 0.778. The van der Waals surface area contributed by atoms with Gasteiger partial charge in [-0.15, -0.1) is 24.0 Å². The van der Waals surface area contributed by atoms with Crippen molar-refractivity contribution in [2.75, 3.05) is 31.5 Å². The summed E-state index contributed by atoms with van der Waals surface area (Å²) in [6.07, 6.45) is 3.54. The Morgan fingerprint density at radius 1 is 0.938 bits per heavy atom. The van der Waals surface area contributed by atoms with Crippen molar-refractivity contribution in [3.8, 4) is 0 Å². The molecule has 0 radical (unpaired) electrons. The molecule has 0 spiro atoms. The fourth-order valence-electron chi connectivity index (χ4n) is 3.74. The van der Waals surface area contributed by atoms with Crippen LogP contribution in [0.4, 0.5) is 5.69 Å². The third kappa shape index (κ3) is 9.16. The second kappa shape index (κ2) is 14.1. The lowest BCUT2D eigenvalue weighted by molar-refractivity contribution is -0.114. The fraction of sp³-hybridized carbons (Fsp3) is 0.440. The van der Waals surface area contributed by atoms with Gasteiger partial charge in [0.25, 0.3) is 0 Å². The Balaban J connectivity index is 0.00000363. The van der Waals surface area contributed by atoms with E-state index in [4.69, 9.17) is 4.99 Å². The molecule has 0 bridgehead atoms. The largest absolute Gasteiger partial charge is 0.357 e. The first-order valence-electron chi connectivity index (χ1n) is 11.3. The number of nitrogens with one attached hydrogen (secondary N) is 3. The number of anilines is 1. The van der Waals surface area contributed by atoms with Gasteiger partial charge in [-0.25, -0.2) is 4.99 Å². The van der Waals surface area contributed by atoms with Crippen molar-refractivity contribution in [3.63, 3.8) is 0 Å². The highest BCUT2D eigenvalue weighted by atomic mass is 127. The van der Waals surface area contributed by atoms with Gasteiger partial charge >= 0.3 is 0 Å². The molecule has 0 unspecified atom stereocenters. The predicted octanol–water partition coefficient (Wildman–Crippen LogP) is 4.16. The van der Waals surface area contributed by atoms with Gasteiger partial charge in [-0.1, -0.05) is 36.4 Å². The highest BCUT2D eigenvalue weighted by Crippen LogP contribution is 2.14. The number of carbonyl (C=O) groups excluding carboxylic acids is 1. The Morgan fingerprint density at radius 3 is 2.19 bits per heavy atom. The number of halogens is 1. The number of aliphatic imine (C=N–C) groups is 1. The van der Waals surface area contributed by atoms with Gasteiger partial charge < -0.3 is 16.0 Å². The van der Waals surface area contributed by atoms with Crippen LogP contribution in [-0.4, -0.2) is 42.9 Å². The average molecular weight is 550 g/mol. The molecule has 7 heteroatoms. The van der Waals surface area contributed by atoms with Crippen LogP contribution in [0.1, 0.15) is 43.4 Å². The van der Waals surface area contributed by atoms with Crippen molar-refractivity contribution in [2.24, 2.45) is 4.99 Å². The minimum atomic E-state index is -0.0536. The van der Waals surface area contributed by atoms with Gasteiger partial charge in [0.2, 0.25) is 5.91 Å². The molecule has 174 valence electrons. The van der Waals surface area contributed by atoms with E-state index in [-0.39, 0.29) is 29.9 Å². The lowest BCUT2D eigenvalue weighted by Gasteiger charge is -2.14. The number of nitrogens with zero attached hydrogens (tertiary/aromatic N) is 2. The molecule has 6 nitrogen and oxygen atoms in total. The van der Waals surface area contributed by atoms with Crippen molar-refractivity contribution in [3.05, 3.63) is 65.2 Å². The molecule has 1 amide bonds. The van der Waals surface area contributed by atoms with E-state index in [1.54, 1.807) is 0 Å². The highest BCUT2D eigenvalue weighted by Gasteiger charge is 2.11.